The summed E-state index contributed by atoms with van der Waals surface area (Å²) >= 11 is 0. The Bertz CT molecular complexity index is 411. The van der Waals surface area contributed by atoms with E-state index >= 15 is 0 Å². The lowest BCUT2D eigenvalue weighted by Crippen LogP contribution is -2.32. The highest BCUT2D eigenvalue weighted by atomic mass is 19.1. The Labute approximate surface area is 106 Å². The van der Waals surface area contributed by atoms with Crippen molar-refractivity contribution in [3.8, 4) is 0 Å². The molecular formula is C13H19FN4. The van der Waals surface area contributed by atoms with Gasteiger partial charge in [-0.05, 0) is 18.9 Å². The molecule has 0 saturated heterocycles. The van der Waals surface area contributed by atoms with Crippen LogP contribution in [0.25, 0.3) is 0 Å². The van der Waals surface area contributed by atoms with E-state index in [0.717, 1.165) is 12.8 Å². The first-order valence-electron chi connectivity index (χ1n) is 6.45. The van der Waals surface area contributed by atoms with Gasteiger partial charge in [0.2, 0.25) is 0 Å². The number of hydrogen-bond donors (Lipinski definition) is 2. The number of aliphatic imine (C=N–C) groups is 1. The Morgan fingerprint density at radius 3 is 2.61 bits per heavy atom. The van der Waals surface area contributed by atoms with E-state index < -0.39 is 0 Å². The fourth-order valence-corrected chi connectivity index (χ4v) is 2.31. The van der Waals surface area contributed by atoms with Gasteiger partial charge in [-0.3, -0.25) is 9.98 Å². The summed E-state index contributed by atoms with van der Waals surface area (Å²) in [4.78, 5) is 8.41. The van der Waals surface area contributed by atoms with E-state index in [1.165, 1.54) is 37.9 Å². The van der Waals surface area contributed by atoms with Gasteiger partial charge in [-0.25, -0.2) is 10.2 Å². The molecule has 0 amide bonds. The summed E-state index contributed by atoms with van der Waals surface area (Å²) in [7, 11) is 0. The number of rotatable bonds is 2. The largest absolute Gasteiger partial charge is 0.308 e. The van der Waals surface area contributed by atoms with Crippen molar-refractivity contribution in [2.45, 2.75) is 44.6 Å². The molecule has 0 aromatic carbocycles. The molecule has 1 aliphatic carbocycles. The van der Waals surface area contributed by atoms with E-state index in [9.17, 15) is 4.39 Å². The van der Waals surface area contributed by atoms with Gasteiger partial charge in [0.25, 0.3) is 0 Å². The monoisotopic (exact) mass is 250 g/mol. The number of halogens is 1. The first-order valence-corrected chi connectivity index (χ1v) is 6.45. The second-order valence-corrected chi connectivity index (χ2v) is 4.66. The molecule has 0 bridgehead atoms. The Morgan fingerprint density at radius 1 is 1.28 bits per heavy atom. The molecule has 5 heteroatoms. The summed E-state index contributed by atoms with van der Waals surface area (Å²) in [6.07, 6.45) is 9.85. The van der Waals surface area contributed by atoms with Gasteiger partial charge in [0.05, 0.1) is 12.2 Å². The van der Waals surface area contributed by atoms with Crippen molar-refractivity contribution in [3.63, 3.8) is 0 Å². The SMILES string of the molecule is NNC(=NC1CCCCCC1)c1cncc(F)c1. The number of nitrogens with one attached hydrogen (secondary N) is 1. The molecule has 3 N–H and O–H groups in total. The zero-order chi connectivity index (χ0) is 12.8. The lowest BCUT2D eigenvalue weighted by atomic mass is 10.1. The number of pyridine rings is 1. The van der Waals surface area contributed by atoms with Crippen LogP contribution in [0.4, 0.5) is 4.39 Å². The number of nitrogens with zero attached hydrogens (tertiary/aromatic N) is 2. The van der Waals surface area contributed by atoms with Crippen LogP contribution in [0.15, 0.2) is 23.5 Å². The zero-order valence-corrected chi connectivity index (χ0v) is 10.4. The maximum absolute atomic E-state index is 13.1. The highest BCUT2D eigenvalue weighted by molar-refractivity contribution is 5.98. The third-order valence-corrected chi connectivity index (χ3v) is 3.25. The number of nitrogens with two attached hydrogens (primary N) is 1. The number of amidine groups is 1. The predicted octanol–water partition coefficient (Wildman–Crippen LogP) is 2.15. The van der Waals surface area contributed by atoms with E-state index in [1.54, 1.807) is 6.20 Å². The Hall–Kier alpha value is -1.49. The van der Waals surface area contributed by atoms with Gasteiger partial charge in [-0.1, -0.05) is 25.7 Å². The first-order chi connectivity index (χ1) is 8.79. The minimum absolute atomic E-state index is 0.279. The van der Waals surface area contributed by atoms with Crippen LogP contribution < -0.4 is 11.3 Å². The molecule has 0 radical (unpaired) electrons. The lowest BCUT2D eigenvalue weighted by molar-refractivity contribution is 0.583. The molecule has 1 aromatic heterocycles. The van der Waals surface area contributed by atoms with Gasteiger partial charge in [-0.2, -0.15) is 0 Å². The van der Waals surface area contributed by atoms with Gasteiger partial charge in [-0.15, -0.1) is 0 Å². The van der Waals surface area contributed by atoms with Crippen LogP contribution in [0.3, 0.4) is 0 Å². The van der Waals surface area contributed by atoms with E-state index in [1.807, 2.05) is 0 Å². The highest BCUT2D eigenvalue weighted by Crippen LogP contribution is 2.20. The minimum atomic E-state index is -0.378. The minimum Gasteiger partial charge on any atom is -0.308 e. The van der Waals surface area contributed by atoms with Crippen LogP contribution in [0, 0.1) is 5.82 Å². The van der Waals surface area contributed by atoms with Crippen LogP contribution in [0.2, 0.25) is 0 Å². The van der Waals surface area contributed by atoms with Crippen molar-refractivity contribution < 1.29 is 4.39 Å². The highest BCUT2D eigenvalue weighted by Gasteiger charge is 2.13. The molecule has 4 nitrogen and oxygen atoms in total. The average molecular weight is 250 g/mol. The second-order valence-electron chi connectivity index (χ2n) is 4.66. The van der Waals surface area contributed by atoms with E-state index in [-0.39, 0.29) is 11.9 Å². The predicted molar refractivity (Wildman–Crippen MR) is 69.5 cm³/mol. The second kappa shape index (κ2) is 6.44. The molecule has 1 fully saturated rings. The quantitative estimate of drug-likeness (QED) is 0.278. The molecule has 0 spiro atoms. The van der Waals surface area contributed by atoms with Crippen molar-refractivity contribution in [3.05, 3.63) is 29.8 Å². The summed E-state index contributed by atoms with van der Waals surface area (Å²) in [5, 5.41) is 0. The molecular weight excluding hydrogens is 231 g/mol. The van der Waals surface area contributed by atoms with Crippen LogP contribution in [-0.4, -0.2) is 16.9 Å². The van der Waals surface area contributed by atoms with E-state index in [0.29, 0.717) is 11.4 Å². The molecule has 1 saturated carbocycles. The molecule has 1 aromatic rings. The molecule has 18 heavy (non-hydrogen) atoms. The summed E-state index contributed by atoms with van der Waals surface area (Å²) in [5.74, 6) is 5.62. The van der Waals surface area contributed by atoms with Crippen LogP contribution >= 0.6 is 0 Å². The standard InChI is InChI=1S/C13H19FN4/c14-11-7-10(8-16-9-11)13(18-15)17-12-5-3-1-2-4-6-12/h7-9,12H,1-6,15H2,(H,17,18). The van der Waals surface area contributed by atoms with Gasteiger partial charge >= 0.3 is 0 Å². The van der Waals surface area contributed by atoms with E-state index in [4.69, 9.17) is 5.84 Å². The smallest absolute Gasteiger partial charge is 0.144 e. The van der Waals surface area contributed by atoms with Crippen molar-refractivity contribution in [1.82, 2.24) is 10.4 Å². The fourth-order valence-electron chi connectivity index (χ4n) is 2.31. The fraction of sp³-hybridized carbons (Fsp3) is 0.538. The Balaban J connectivity index is 2.16. The van der Waals surface area contributed by atoms with Crippen molar-refractivity contribution in [2.75, 3.05) is 0 Å². The van der Waals surface area contributed by atoms with Crippen molar-refractivity contribution >= 4 is 5.84 Å². The van der Waals surface area contributed by atoms with Crippen LogP contribution in [0.5, 0.6) is 0 Å². The molecule has 1 aliphatic rings. The summed E-state index contributed by atoms with van der Waals surface area (Å²) < 4.78 is 13.1. The first kappa shape index (κ1) is 13.0. The Morgan fingerprint density at radius 2 is 2.00 bits per heavy atom. The average Bonchev–Trinajstić information content (AvgIpc) is 2.64. The number of hydrogen-bond acceptors (Lipinski definition) is 3. The Kier molecular flexibility index (Phi) is 4.64. The maximum Gasteiger partial charge on any atom is 0.144 e. The number of aromatic nitrogens is 1. The number of hydrazine groups is 1. The molecule has 0 atom stereocenters. The maximum atomic E-state index is 13.1. The summed E-state index contributed by atoms with van der Waals surface area (Å²) in [6.45, 7) is 0. The molecule has 98 valence electrons. The molecule has 2 rings (SSSR count). The summed E-state index contributed by atoms with van der Waals surface area (Å²) in [6, 6.07) is 1.67. The zero-order valence-electron chi connectivity index (χ0n) is 10.4. The van der Waals surface area contributed by atoms with Gasteiger partial charge < -0.3 is 5.43 Å². The van der Waals surface area contributed by atoms with Crippen molar-refractivity contribution in [1.29, 1.82) is 0 Å². The molecule has 1 heterocycles. The van der Waals surface area contributed by atoms with Crippen LogP contribution in [0.1, 0.15) is 44.1 Å². The lowest BCUT2D eigenvalue weighted by Gasteiger charge is -2.12. The third-order valence-electron chi connectivity index (χ3n) is 3.25. The third kappa shape index (κ3) is 3.50. The van der Waals surface area contributed by atoms with Gasteiger partial charge in [0.15, 0.2) is 0 Å². The van der Waals surface area contributed by atoms with Crippen molar-refractivity contribution in [2.24, 2.45) is 10.8 Å². The van der Waals surface area contributed by atoms with E-state index in [2.05, 4.69) is 15.4 Å². The van der Waals surface area contributed by atoms with Gasteiger partial charge in [0.1, 0.15) is 11.7 Å². The molecule has 0 unspecified atom stereocenters. The summed E-state index contributed by atoms with van der Waals surface area (Å²) in [5.41, 5.74) is 3.16. The van der Waals surface area contributed by atoms with Crippen LogP contribution in [-0.2, 0) is 0 Å². The topological polar surface area (TPSA) is 63.3 Å². The van der Waals surface area contributed by atoms with Gasteiger partial charge in [0, 0.05) is 11.8 Å². The normalized spacial score (nSPS) is 18.4. The molecule has 0 aliphatic heterocycles.